The van der Waals surface area contributed by atoms with Gasteiger partial charge in [0.2, 0.25) is 5.82 Å². The summed E-state index contributed by atoms with van der Waals surface area (Å²) in [4.78, 5) is 11.7. The third-order valence-electron chi connectivity index (χ3n) is 3.21. The summed E-state index contributed by atoms with van der Waals surface area (Å²) in [5.41, 5.74) is 0.0934. The summed E-state index contributed by atoms with van der Waals surface area (Å²) in [5.74, 6) is -6.06. The molecule has 0 bridgehead atoms. The van der Waals surface area contributed by atoms with Gasteiger partial charge in [0, 0.05) is 24.9 Å². The van der Waals surface area contributed by atoms with E-state index in [-0.39, 0.29) is 23.8 Å². The van der Waals surface area contributed by atoms with E-state index in [0.29, 0.717) is 11.9 Å². The van der Waals surface area contributed by atoms with Gasteiger partial charge in [0.1, 0.15) is 12.4 Å². The van der Waals surface area contributed by atoms with Crippen molar-refractivity contribution in [1.29, 1.82) is 0 Å². The van der Waals surface area contributed by atoms with E-state index in [1.165, 1.54) is 18.5 Å². The summed E-state index contributed by atoms with van der Waals surface area (Å²) in [6.07, 6.45) is 2.68. The third kappa shape index (κ3) is 3.76. The fraction of sp³-hybridized carbons (Fsp3) is 0.200. The maximum absolute atomic E-state index is 13.6. The molecule has 0 saturated heterocycles. The van der Waals surface area contributed by atoms with Gasteiger partial charge >= 0.3 is 5.92 Å². The number of alkyl halides is 2. The molecule has 0 atom stereocenters. The summed E-state index contributed by atoms with van der Waals surface area (Å²) in [6, 6.07) is 2.96. The first-order valence-corrected chi connectivity index (χ1v) is 7.37. The average Bonchev–Trinajstić information content (AvgIpc) is 2.96. The van der Waals surface area contributed by atoms with Gasteiger partial charge in [-0.15, -0.1) is 5.10 Å². The van der Waals surface area contributed by atoms with Crippen LogP contribution in [-0.4, -0.2) is 24.7 Å². The molecule has 3 rings (SSSR count). The van der Waals surface area contributed by atoms with Crippen LogP contribution in [0.3, 0.4) is 0 Å². The van der Waals surface area contributed by atoms with Crippen molar-refractivity contribution in [3.8, 4) is 11.4 Å². The lowest BCUT2D eigenvalue weighted by atomic mass is 10.2. The van der Waals surface area contributed by atoms with Crippen LogP contribution in [0.15, 0.2) is 30.6 Å². The highest BCUT2D eigenvalue weighted by Gasteiger charge is 2.31. The van der Waals surface area contributed by atoms with Crippen molar-refractivity contribution >= 4 is 11.6 Å². The molecule has 2 aromatic heterocycles. The zero-order chi connectivity index (χ0) is 18.2. The second-order valence-corrected chi connectivity index (χ2v) is 5.69. The van der Waals surface area contributed by atoms with Gasteiger partial charge < -0.3 is 0 Å². The van der Waals surface area contributed by atoms with Crippen LogP contribution in [0.4, 0.5) is 17.6 Å². The van der Waals surface area contributed by atoms with Crippen molar-refractivity contribution in [1.82, 2.24) is 24.7 Å². The largest absolute Gasteiger partial charge is 0.305 e. The minimum atomic E-state index is -3.31. The average molecular weight is 372 g/mol. The van der Waals surface area contributed by atoms with Crippen molar-refractivity contribution < 1.29 is 17.6 Å². The lowest BCUT2D eigenvalue weighted by molar-refractivity contribution is 0.00762. The molecule has 1 aromatic carbocycles. The lowest BCUT2D eigenvalue weighted by Gasteiger charge is -2.05. The highest BCUT2D eigenvalue weighted by molar-refractivity contribution is 6.30. The summed E-state index contributed by atoms with van der Waals surface area (Å²) in [7, 11) is 0. The molecule has 25 heavy (non-hydrogen) atoms. The van der Waals surface area contributed by atoms with E-state index >= 15 is 0 Å². The van der Waals surface area contributed by atoms with Gasteiger partial charge in [-0.2, -0.15) is 8.78 Å². The molecular formula is C15H10ClF4N5. The Balaban J connectivity index is 2.07. The van der Waals surface area contributed by atoms with Gasteiger partial charge in [0.15, 0.2) is 17.5 Å². The molecule has 5 nitrogen and oxygen atoms in total. The van der Waals surface area contributed by atoms with E-state index < -0.39 is 23.4 Å². The van der Waals surface area contributed by atoms with Crippen molar-refractivity contribution in [3.05, 3.63) is 58.9 Å². The number of aromatic nitrogens is 5. The molecule has 0 N–H and O–H groups in total. The van der Waals surface area contributed by atoms with Crippen LogP contribution in [0, 0.1) is 11.6 Å². The number of hydrogen-bond donors (Lipinski definition) is 0. The van der Waals surface area contributed by atoms with Crippen molar-refractivity contribution in [2.24, 2.45) is 0 Å². The first-order valence-electron chi connectivity index (χ1n) is 6.99. The first-order chi connectivity index (χ1) is 11.7. The van der Waals surface area contributed by atoms with Gasteiger partial charge in [-0.25, -0.2) is 28.4 Å². The number of nitrogens with zero attached hydrogens (tertiary/aromatic N) is 5. The van der Waals surface area contributed by atoms with Crippen LogP contribution in [0.25, 0.3) is 11.4 Å². The predicted molar refractivity (Wildman–Crippen MR) is 81.1 cm³/mol. The van der Waals surface area contributed by atoms with E-state index in [4.69, 9.17) is 11.6 Å². The molecular weight excluding hydrogens is 362 g/mol. The molecule has 0 unspecified atom stereocenters. The number of halogens is 5. The van der Waals surface area contributed by atoms with E-state index in [2.05, 4.69) is 20.1 Å². The van der Waals surface area contributed by atoms with Gasteiger partial charge in [0.05, 0.1) is 5.02 Å². The summed E-state index contributed by atoms with van der Waals surface area (Å²) < 4.78 is 54.9. The van der Waals surface area contributed by atoms with E-state index in [0.717, 1.165) is 16.8 Å². The zero-order valence-electron chi connectivity index (χ0n) is 12.7. The predicted octanol–water partition coefficient (Wildman–Crippen LogP) is 3.83. The van der Waals surface area contributed by atoms with Crippen LogP contribution in [0.2, 0.25) is 5.02 Å². The topological polar surface area (TPSA) is 56.5 Å². The Bertz CT molecular complexity index is 905. The number of rotatable bonds is 4. The molecule has 0 spiro atoms. The maximum Gasteiger partial charge on any atom is 0.305 e. The molecule has 0 aliphatic heterocycles. The van der Waals surface area contributed by atoms with Crippen molar-refractivity contribution in [2.45, 2.75) is 19.4 Å². The molecule has 0 aliphatic rings. The Kier molecular flexibility index (Phi) is 4.42. The zero-order valence-corrected chi connectivity index (χ0v) is 13.5. The fourth-order valence-corrected chi connectivity index (χ4v) is 2.14. The highest BCUT2D eigenvalue weighted by Crippen LogP contribution is 2.28. The molecule has 0 aliphatic carbocycles. The van der Waals surface area contributed by atoms with Crippen LogP contribution >= 0.6 is 11.6 Å². The Labute approximate surface area is 144 Å². The molecule has 3 aromatic rings. The second-order valence-electron chi connectivity index (χ2n) is 5.25. The molecule has 2 heterocycles. The Morgan fingerprint density at radius 3 is 2.40 bits per heavy atom. The quantitative estimate of drug-likeness (QED) is 0.654. The van der Waals surface area contributed by atoms with Crippen molar-refractivity contribution in [2.75, 3.05) is 0 Å². The Morgan fingerprint density at radius 1 is 1.12 bits per heavy atom. The van der Waals surface area contributed by atoms with Crippen molar-refractivity contribution in [3.63, 3.8) is 0 Å². The summed E-state index contributed by atoms with van der Waals surface area (Å²) in [5, 5.41) is 4.06. The van der Waals surface area contributed by atoms with E-state index in [1.54, 1.807) is 0 Å². The molecule has 10 heteroatoms. The monoisotopic (exact) mass is 371 g/mol. The van der Waals surface area contributed by atoms with Gasteiger partial charge in [-0.1, -0.05) is 11.6 Å². The number of hydrogen-bond acceptors (Lipinski definition) is 4. The molecule has 0 amide bonds. The fourth-order valence-electron chi connectivity index (χ4n) is 2.04. The van der Waals surface area contributed by atoms with Gasteiger partial charge in [0.25, 0.3) is 0 Å². The standard InChI is InChI=1S/C15H10ClF4N5/c1-15(19,20)14-23-13(8-2-3-10(17)11(18)4-8)25(24-14)7-12-21-5-9(16)6-22-12/h2-6H,7H2,1H3. The minimum absolute atomic E-state index is 0.0611. The minimum Gasteiger partial charge on any atom is -0.238 e. The Morgan fingerprint density at radius 2 is 1.80 bits per heavy atom. The van der Waals surface area contributed by atoms with Crippen LogP contribution < -0.4 is 0 Å². The van der Waals surface area contributed by atoms with Gasteiger partial charge in [-0.3, -0.25) is 0 Å². The SMILES string of the molecule is CC(F)(F)c1nc(-c2ccc(F)c(F)c2)n(Cc2ncc(Cl)cn2)n1. The smallest absolute Gasteiger partial charge is 0.238 e. The molecule has 0 saturated carbocycles. The third-order valence-corrected chi connectivity index (χ3v) is 3.40. The maximum atomic E-state index is 13.6. The first kappa shape index (κ1) is 17.3. The van der Waals surface area contributed by atoms with Crippen LogP contribution in [-0.2, 0) is 12.5 Å². The van der Waals surface area contributed by atoms with E-state index in [1.807, 2.05) is 0 Å². The van der Waals surface area contributed by atoms with Crippen LogP contribution in [0.1, 0.15) is 18.6 Å². The van der Waals surface area contributed by atoms with E-state index in [9.17, 15) is 17.6 Å². The molecule has 0 fully saturated rings. The lowest BCUT2D eigenvalue weighted by Crippen LogP contribution is -2.12. The summed E-state index contributed by atoms with van der Waals surface area (Å²) in [6.45, 7) is 0.537. The van der Waals surface area contributed by atoms with Crippen LogP contribution in [0.5, 0.6) is 0 Å². The normalized spacial score (nSPS) is 11.8. The van der Waals surface area contributed by atoms with Gasteiger partial charge in [-0.05, 0) is 18.2 Å². The number of benzene rings is 1. The second kappa shape index (κ2) is 6.40. The highest BCUT2D eigenvalue weighted by atomic mass is 35.5. The molecule has 130 valence electrons. The summed E-state index contributed by atoms with van der Waals surface area (Å²) >= 11 is 5.70. The molecule has 0 radical (unpaired) electrons. The Hall–Kier alpha value is -2.55.